The molecule has 0 aliphatic carbocycles. The molecule has 4 nitrogen and oxygen atoms in total. The summed E-state index contributed by atoms with van der Waals surface area (Å²) in [4.78, 5) is 12.1. The van der Waals surface area contributed by atoms with E-state index in [4.69, 9.17) is 0 Å². The maximum atomic E-state index is 13.8. The van der Waals surface area contributed by atoms with Gasteiger partial charge < -0.3 is 5.32 Å². The molecule has 22 heavy (non-hydrogen) atoms. The van der Waals surface area contributed by atoms with E-state index < -0.39 is 39.5 Å². The Morgan fingerprint density at radius 1 is 1.41 bits per heavy atom. The highest BCUT2D eigenvalue weighted by molar-refractivity contribution is 9.10. The van der Waals surface area contributed by atoms with Gasteiger partial charge in [0.05, 0.1) is 22.9 Å². The molecule has 1 N–H and O–H groups in total. The third-order valence-corrected chi connectivity index (χ3v) is 4.14. The van der Waals surface area contributed by atoms with Crippen molar-refractivity contribution in [3.63, 3.8) is 0 Å². The fourth-order valence-electron chi connectivity index (χ4n) is 1.68. The molecule has 0 aliphatic heterocycles. The Morgan fingerprint density at radius 2 is 2.09 bits per heavy atom. The van der Waals surface area contributed by atoms with E-state index in [0.717, 1.165) is 11.5 Å². The van der Waals surface area contributed by atoms with Gasteiger partial charge in [0.1, 0.15) is 5.82 Å². The van der Waals surface area contributed by atoms with Crippen molar-refractivity contribution in [2.24, 2.45) is 0 Å². The van der Waals surface area contributed by atoms with Crippen molar-refractivity contribution in [1.29, 1.82) is 0 Å². The van der Waals surface area contributed by atoms with Crippen LogP contribution in [0.4, 0.5) is 17.6 Å². The van der Waals surface area contributed by atoms with Gasteiger partial charge in [-0.25, -0.2) is 4.39 Å². The molecule has 118 valence electrons. The largest absolute Gasteiger partial charge is 0.417 e. The molecule has 1 atom stereocenters. The molecule has 1 heterocycles. The van der Waals surface area contributed by atoms with Crippen molar-refractivity contribution in [1.82, 2.24) is 14.9 Å². The van der Waals surface area contributed by atoms with Crippen LogP contribution in [0.15, 0.2) is 22.0 Å². The summed E-state index contributed by atoms with van der Waals surface area (Å²) in [6.07, 6.45) is -4.70. The topological polar surface area (TPSA) is 54.9 Å². The van der Waals surface area contributed by atoms with Crippen LogP contribution in [0.25, 0.3) is 0 Å². The Morgan fingerprint density at radius 3 is 2.64 bits per heavy atom. The normalized spacial score (nSPS) is 13.0. The summed E-state index contributed by atoms with van der Waals surface area (Å²) in [5.41, 5.74) is -1.39. The first-order chi connectivity index (χ1) is 10.2. The van der Waals surface area contributed by atoms with Crippen molar-refractivity contribution in [2.75, 3.05) is 0 Å². The highest BCUT2D eigenvalue weighted by Gasteiger charge is 2.35. The summed E-state index contributed by atoms with van der Waals surface area (Å²) in [6.45, 7) is 1.56. The predicted octanol–water partition coefficient (Wildman–Crippen LogP) is 3.95. The summed E-state index contributed by atoms with van der Waals surface area (Å²) in [5, 5.41) is 7.69. The Balaban J connectivity index is 2.33. The van der Waals surface area contributed by atoms with Gasteiger partial charge in [0.2, 0.25) is 0 Å². The van der Waals surface area contributed by atoms with Gasteiger partial charge in [-0.1, -0.05) is 4.49 Å². The number of hydrogen-bond acceptors (Lipinski definition) is 4. The van der Waals surface area contributed by atoms with Crippen LogP contribution < -0.4 is 5.32 Å². The number of amides is 1. The molecule has 2 aromatic rings. The van der Waals surface area contributed by atoms with E-state index in [9.17, 15) is 22.4 Å². The smallest absolute Gasteiger partial charge is 0.344 e. The maximum absolute atomic E-state index is 13.8. The van der Waals surface area contributed by atoms with E-state index in [1.54, 1.807) is 12.3 Å². The van der Waals surface area contributed by atoms with Crippen LogP contribution >= 0.6 is 27.5 Å². The molecule has 2 rings (SSSR count). The number of benzene rings is 1. The number of alkyl halides is 3. The molecule has 0 fully saturated rings. The minimum atomic E-state index is -4.70. The minimum absolute atomic E-state index is 0.432. The highest BCUT2D eigenvalue weighted by Crippen LogP contribution is 2.37. The fourth-order valence-corrected chi connectivity index (χ4v) is 2.96. The van der Waals surface area contributed by atoms with Crippen molar-refractivity contribution in [3.8, 4) is 0 Å². The second-order valence-electron chi connectivity index (χ2n) is 4.31. The van der Waals surface area contributed by atoms with Gasteiger partial charge in [0, 0.05) is 9.85 Å². The van der Waals surface area contributed by atoms with E-state index in [2.05, 4.69) is 30.8 Å². The molecule has 1 aromatic carbocycles. The molecular formula is C12H8BrF4N3OS. The Hall–Kier alpha value is -1.55. The molecule has 0 radical (unpaired) electrons. The van der Waals surface area contributed by atoms with Crippen LogP contribution in [0.2, 0.25) is 0 Å². The molecular weight excluding hydrogens is 390 g/mol. The second kappa shape index (κ2) is 6.29. The number of nitrogens with one attached hydrogen (secondary N) is 1. The van der Waals surface area contributed by atoms with Gasteiger partial charge in [0.25, 0.3) is 5.91 Å². The summed E-state index contributed by atoms with van der Waals surface area (Å²) in [6, 6.07) is 0.564. The molecule has 0 spiro atoms. The van der Waals surface area contributed by atoms with Crippen LogP contribution in [-0.4, -0.2) is 15.5 Å². The highest BCUT2D eigenvalue weighted by atomic mass is 79.9. The molecule has 1 amide bonds. The molecule has 1 aromatic heterocycles. The van der Waals surface area contributed by atoms with E-state index >= 15 is 0 Å². The number of halogens is 5. The van der Waals surface area contributed by atoms with E-state index in [1.165, 1.54) is 0 Å². The van der Waals surface area contributed by atoms with Crippen LogP contribution in [0.3, 0.4) is 0 Å². The third-order valence-electron chi connectivity index (χ3n) is 2.79. The van der Waals surface area contributed by atoms with Crippen LogP contribution in [0.5, 0.6) is 0 Å². The van der Waals surface area contributed by atoms with Crippen LogP contribution in [0, 0.1) is 5.82 Å². The predicted molar refractivity (Wildman–Crippen MR) is 74.9 cm³/mol. The lowest BCUT2D eigenvalue weighted by atomic mass is 10.1. The van der Waals surface area contributed by atoms with Gasteiger partial charge in [-0.05, 0) is 46.5 Å². The van der Waals surface area contributed by atoms with Crippen molar-refractivity contribution < 1.29 is 22.4 Å². The van der Waals surface area contributed by atoms with Gasteiger partial charge in [-0.3, -0.25) is 4.79 Å². The molecule has 10 heteroatoms. The second-order valence-corrected chi connectivity index (χ2v) is 5.71. The third kappa shape index (κ3) is 3.43. The molecule has 0 aliphatic rings. The minimum Gasteiger partial charge on any atom is -0.344 e. The van der Waals surface area contributed by atoms with E-state index in [1.807, 2.05) is 0 Å². The van der Waals surface area contributed by atoms with Gasteiger partial charge >= 0.3 is 6.18 Å². The zero-order chi connectivity index (χ0) is 16.5. The quantitative estimate of drug-likeness (QED) is 0.797. The average Bonchev–Trinajstić information content (AvgIpc) is 2.90. The number of rotatable bonds is 3. The van der Waals surface area contributed by atoms with Gasteiger partial charge in [-0.15, -0.1) is 5.10 Å². The lowest BCUT2D eigenvalue weighted by molar-refractivity contribution is -0.138. The summed E-state index contributed by atoms with van der Waals surface area (Å²) in [7, 11) is 0. The van der Waals surface area contributed by atoms with Crippen molar-refractivity contribution in [2.45, 2.75) is 19.1 Å². The lowest BCUT2D eigenvalue weighted by Crippen LogP contribution is -2.28. The number of aromatic nitrogens is 2. The molecule has 0 saturated carbocycles. The number of nitrogens with zero attached hydrogens (tertiary/aromatic N) is 2. The first kappa shape index (κ1) is 16.8. The number of carbonyl (C=O) groups is 1. The standard InChI is InChI=1S/C12H8BrF4N3OS/c1-5(8-4-22-20-19-8)18-11(21)9-7(14)3-2-6(10(9)13)12(15,16)17/h2-5H,1H3,(H,18,21). The SMILES string of the molecule is CC(NC(=O)c1c(F)ccc(C(F)(F)F)c1Br)c1csnn1. The first-order valence-corrected chi connectivity index (χ1v) is 7.47. The average molecular weight is 398 g/mol. The fraction of sp³-hybridized carbons (Fsp3) is 0.250. The van der Waals surface area contributed by atoms with E-state index in [-0.39, 0.29) is 0 Å². The van der Waals surface area contributed by atoms with Gasteiger partial charge in [-0.2, -0.15) is 13.2 Å². The summed E-state index contributed by atoms with van der Waals surface area (Å²) >= 11 is 3.72. The summed E-state index contributed by atoms with van der Waals surface area (Å²) < 4.78 is 55.2. The zero-order valence-corrected chi connectivity index (χ0v) is 13.3. The Bertz CT molecular complexity index is 690. The van der Waals surface area contributed by atoms with Crippen LogP contribution in [-0.2, 0) is 6.18 Å². The summed E-state index contributed by atoms with van der Waals surface area (Å²) in [5.74, 6) is -2.03. The van der Waals surface area contributed by atoms with Crippen LogP contribution in [0.1, 0.15) is 34.6 Å². The number of carbonyl (C=O) groups excluding carboxylic acids is 1. The Kier molecular flexibility index (Phi) is 4.81. The number of hydrogen-bond donors (Lipinski definition) is 1. The van der Waals surface area contributed by atoms with Gasteiger partial charge in [0.15, 0.2) is 0 Å². The molecule has 1 unspecified atom stereocenters. The first-order valence-electron chi connectivity index (χ1n) is 5.84. The zero-order valence-electron chi connectivity index (χ0n) is 10.9. The molecule has 0 bridgehead atoms. The van der Waals surface area contributed by atoms with Crippen molar-refractivity contribution in [3.05, 3.63) is 44.6 Å². The van der Waals surface area contributed by atoms with E-state index in [0.29, 0.717) is 17.8 Å². The molecule has 0 saturated heterocycles. The maximum Gasteiger partial charge on any atom is 0.417 e. The lowest BCUT2D eigenvalue weighted by Gasteiger charge is -2.15. The van der Waals surface area contributed by atoms with Crippen molar-refractivity contribution >= 4 is 33.4 Å². The monoisotopic (exact) mass is 397 g/mol. The Labute approximate surface area is 134 Å².